The predicted molar refractivity (Wildman–Crippen MR) is 91.3 cm³/mol. The molecule has 0 amide bonds. The zero-order valence-corrected chi connectivity index (χ0v) is 12.5. The van der Waals surface area contributed by atoms with E-state index in [4.69, 9.17) is 5.26 Å². The maximum Gasteiger partial charge on any atom is 0.0992 e. The molecule has 112 valence electrons. The van der Waals surface area contributed by atoms with E-state index in [-0.39, 0.29) is 0 Å². The lowest BCUT2D eigenvalue weighted by atomic mass is 10.1. The van der Waals surface area contributed by atoms with Crippen molar-refractivity contribution in [3.63, 3.8) is 0 Å². The first-order valence-corrected chi connectivity index (χ1v) is 7.34. The largest absolute Gasteiger partial charge is 0.321 e. The molecular weight excluding hydrogens is 284 g/mol. The lowest BCUT2D eigenvalue weighted by Crippen LogP contribution is -2.20. The van der Waals surface area contributed by atoms with E-state index in [1.165, 1.54) is 0 Å². The van der Waals surface area contributed by atoms with Gasteiger partial charge in [0.25, 0.3) is 0 Å². The summed E-state index contributed by atoms with van der Waals surface area (Å²) < 4.78 is 0. The number of benzene rings is 2. The molecular formula is C19H16N4. The first-order valence-electron chi connectivity index (χ1n) is 7.34. The smallest absolute Gasteiger partial charge is 0.0992 e. The van der Waals surface area contributed by atoms with Gasteiger partial charge in [0.05, 0.1) is 17.3 Å². The van der Waals surface area contributed by atoms with Gasteiger partial charge in [0.2, 0.25) is 0 Å². The van der Waals surface area contributed by atoms with Gasteiger partial charge >= 0.3 is 0 Å². The summed E-state index contributed by atoms with van der Waals surface area (Å²) in [5.74, 6) is 0. The predicted octanol–water partition coefficient (Wildman–Crippen LogP) is 3.74. The number of hydrazine groups is 1. The molecule has 1 aromatic heterocycles. The number of aromatic nitrogens is 1. The Morgan fingerprint density at radius 2 is 1.74 bits per heavy atom. The summed E-state index contributed by atoms with van der Waals surface area (Å²) in [5.41, 5.74) is 11.0. The number of rotatable bonds is 5. The van der Waals surface area contributed by atoms with Crippen LogP contribution in [0.4, 0.5) is 5.69 Å². The maximum absolute atomic E-state index is 8.95. The van der Waals surface area contributed by atoms with Crippen molar-refractivity contribution in [2.75, 3.05) is 5.43 Å². The van der Waals surface area contributed by atoms with Gasteiger partial charge in [-0.25, -0.2) is 5.43 Å². The summed E-state index contributed by atoms with van der Waals surface area (Å²) >= 11 is 0. The van der Waals surface area contributed by atoms with Crippen LogP contribution >= 0.6 is 0 Å². The van der Waals surface area contributed by atoms with Crippen molar-refractivity contribution in [2.45, 2.75) is 6.54 Å². The number of hydrogen-bond acceptors (Lipinski definition) is 4. The molecule has 3 aromatic rings. The topological polar surface area (TPSA) is 60.7 Å². The Bertz CT molecular complexity index is 805. The molecule has 0 bridgehead atoms. The summed E-state index contributed by atoms with van der Waals surface area (Å²) in [4.78, 5) is 4.31. The van der Waals surface area contributed by atoms with Gasteiger partial charge in [-0.2, -0.15) is 5.26 Å². The quantitative estimate of drug-likeness (QED) is 0.705. The molecule has 0 aliphatic carbocycles. The van der Waals surface area contributed by atoms with Crippen LogP contribution in [0.5, 0.6) is 0 Å². The van der Waals surface area contributed by atoms with Gasteiger partial charge < -0.3 is 5.43 Å². The Kier molecular flexibility index (Phi) is 4.63. The lowest BCUT2D eigenvalue weighted by molar-refractivity contribution is 0.801. The number of para-hydroxylation sites is 1. The third-order valence-corrected chi connectivity index (χ3v) is 3.44. The summed E-state index contributed by atoms with van der Waals surface area (Å²) in [7, 11) is 0. The molecule has 2 aromatic carbocycles. The SMILES string of the molecule is N#Cc1ccnc(-c2ccc(CNNc3ccccc3)cc2)c1. The van der Waals surface area contributed by atoms with Crippen molar-refractivity contribution in [1.29, 1.82) is 5.26 Å². The molecule has 0 fully saturated rings. The van der Waals surface area contributed by atoms with Gasteiger partial charge in [-0.05, 0) is 29.8 Å². The molecule has 0 aliphatic heterocycles. The minimum atomic E-state index is 0.618. The first kappa shape index (κ1) is 14.8. The van der Waals surface area contributed by atoms with Gasteiger partial charge in [-0.3, -0.25) is 4.98 Å². The van der Waals surface area contributed by atoms with E-state index in [2.05, 4.69) is 34.0 Å². The summed E-state index contributed by atoms with van der Waals surface area (Å²) in [6.07, 6.45) is 1.66. The Labute approximate surface area is 135 Å². The van der Waals surface area contributed by atoms with Crippen LogP contribution in [0.2, 0.25) is 0 Å². The second-order valence-electron chi connectivity index (χ2n) is 5.08. The number of nitrogens with zero attached hydrogens (tertiary/aromatic N) is 2. The zero-order chi connectivity index (χ0) is 15.9. The fraction of sp³-hybridized carbons (Fsp3) is 0.0526. The van der Waals surface area contributed by atoms with E-state index >= 15 is 0 Å². The van der Waals surface area contributed by atoms with Crippen molar-refractivity contribution in [1.82, 2.24) is 10.4 Å². The van der Waals surface area contributed by atoms with Crippen molar-refractivity contribution in [2.24, 2.45) is 0 Å². The van der Waals surface area contributed by atoms with Crippen LogP contribution in [0.1, 0.15) is 11.1 Å². The number of hydrogen-bond donors (Lipinski definition) is 2. The molecule has 0 unspecified atom stereocenters. The summed E-state index contributed by atoms with van der Waals surface area (Å²) in [5, 5.41) is 8.95. The standard InChI is InChI=1S/C19H16N4/c20-13-16-10-11-21-19(12-16)17-8-6-15(7-9-17)14-22-23-18-4-2-1-3-5-18/h1-12,22-23H,14H2. The van der Waals surface area contributed by atoms with Crippen LogP contribution in [0.25, 0.3) is 11.3 Å². The Hall–Kier alpha value is -3.16. The molecule has 2 N–H and O–H groups in total. The Morgan fingerprint density at radius 3 is 2.48 bits per heavy atom. The van der Waals surface area contributed by atoms with Crippen molar-refractivity contribution < 1.29 is 0 Å². The third kappa shape index (κ3) is 3.94. The molecule has 0 saturated carbocycles. The van der Waals surface area contributed by atoms with E-state index in [1.807, 2.05) is 42.5 Å². The molecule has 1 heterocycles. The monoisotopic (exact) mass is 300 g/mol. The average molecular weight is 300 g/mol. The molecule has 3 rings (SSSR count). The van der Waals surface area contributed by atoms with E-state index in [0.29, 0.717) is 12.1 Å². The van der Waals surface area contributed by atoms with E-state index in [0.717, 1.165) is 22.5 Å². The van der Waals surface area contributed by atoms with Crippen molar-refractivity contribution in [3.8, 4) is 17.3 Å². The molecule has 4 heteroatoms. The van der Waals surface area contributed by atoms with E-state index < -0.39 is 0 Å². The average Bonchev–Trinajstić information content (AvgIpc) is 2.63. The highest BCUT2D eigenvalue weighted by atomic mass is 15.3. The second kappa shape index (κ2) is 7.21. The molecule has 0 atom stereocenters. The number of pyridine rings is 1. The Morgan fingerprint density at radius 1 is 0.957 bits per heavy atom. The molecule has 4 nitrogen and oxygen atoms in total. The van der Waals surface area contributed by atoms with Crippen LogP contribution < -0.4 is 10.9 Å². The van der Waals surface area contributed by atoms with E-state index in [1.54, 1.807) is 18.3 Å². The van der Waals surface area contributed by atoms with Gasteiger partial charge in [-0.15, -0.1) is 0 Å². The molecule has 23 heavy (non-hydrogen) atoms. The van der Waals surface area contributed by atoms with Crippen LogP contribution in [0.15, 0.2) is 72.9 Å². The molecule has 0 spiro atoms. The van der Waals surface area contributed by atoms with Crippen LogP contribution in [-0.4, -0.2) is 4.98 Å². The minimum absolute atomic E-state index is 0.618. The van der Waals surface area contributed by atoms with Gasteiger partial charge in [-0.1, -0.05) is 42.5 Å². The maximum atomic E-state index is 8.95. The number of nitrogens with one attached hydrogen (secondary N) is 2. The fourth-order valence-corrected chi connectivity index (χ4v) is 2.22. The fourth-order valence-electron chi connectivity index (χ4n) is 2.22. The Balaban J connectivity index is 1.62. The van der Waals surface area contributed by atoms with Crippen LogP contribution in [0, 0.1) is 11.3 Å². The molecule has 0 aliphatic rings. The zero-order valence-electron chi connectivity index (χ0n) is 12.5. The lowest BCUT2D eigenvalue weighted by Gasteiger charge is -2.09. The van der Waals surface area contributed by atoms with Gasteiger partial charge in [0, 0.05) is 24.0 Å². The molecule has 0 radical (unpaired) electrons. The third-order valence-electron chi connectivity index (χ3n) is 3.44. The first-order chi connectivity index (χ1) is 11.3. The summed E-state index contributed by atoms with van der Waals surface area (Å²) in [6.45, 7) is 0.709. The van der Waals surface area contributed by atoms with Gasteiger partial charge in [0.1, 0.15) is 0 Å². The normalized spacial score (nSPS) is 10.0. The van der Waals surface area contributed by atoms with E-state index in [9.17, 15) is 0 Å². The molecule has 0 saturated heterocycles. The van der Waals surface area contributed by atoms with Gasteiger partial charge in [0.15, 0.2) is 0 Å². The van der Waals surface area contributed by atoms with Crippen molar-refractivity contribution >= 4 is 5.69 Å². The highest BCUT2D eigenvalue weighted by Crippen LogP contribution is 2.18. The van der Waals surface area contributed by atoms with Crippen LogP contribution in [-0.2, 0) is 6.54 Å². The second-order valence-corrected chi connectivity index (χ2v) is 5.08. The minimum Gasteiger partial charge on any atom is -0.321 e. The van der Waals surface area contributed by atoms with Crippen molar-refractivity contribution in [3.05, 3.63) is 84.1 Å². The van der Waals surface area contributed by atoms with Crippen LogP contribution in [0.3, 0.4) is 0 Å². The highest BCUT2D eigenvalue weighted by Gasteiger charge is 2.01. The number of anilines is 1. The highest BCUT2D eigenvalue weighted by molar-refractivity contribution is 5.61. The number of nitriles is 1. The summed E-state index contributed by atoms with van der Waals surface area (Å²) in [6, 6.07) is 23.7.